The second-order valence-electron chi connectivity index (χ2n) is 5.50. The number of nitrogens with zero attached hydrogens (tertiary/aromatic N) is 1. The Morgan fingerprint density at radius 1 is 1.37 bits per heavy atom. The van der Waals surface area contributed by atoms with Crippen molar-refractivity contribution in [1.29, 1.82) is 0 Å². The zero-order valence-electron chi connectivity index (χ0n) is 11.5. The predicted molar refractivity (Wildman–Crippen MR) is 72.6 cm³/mol. The standard InChI is InChI=1S/C13H23NO4S/c1-2-3-6-14(12-5-8-19(16,17)10-12)13(15)11-4-7-18-9-11/h11-12H,2-10H2,1H3. The maximum Gasteiger partial charge on any atom is 0.228 e. The Morgan fingerprint density at radius 3 is 2.68 bits per heavy atom. The lowest BCUT2D eigenvalue weighted by Gasteiger charge is -2.30. The first-order valence-corrected chi connectivity index (χ1v) is 8.94. The Labute approximate surface area is 115 Å². The number of hydrogen-bond acceptors (Lipinski definition) is 4. The molecule has 0 aromatic rings. The molecule has 110 valence electrons. The Balaban J connectivity index is 2.04. The molecule has 2 fully saturated rings. The van der Waals surface area contributed by atoms with Crippen molar-refractivity contribution in [2.45, 2.75) is 38.6 Å². The molecule has 0 spiro atoms. The average molecular weight is 289 g/mol. The number of sulfone groups is 1. The summed E-state index contributed by atoms with van der Waals surface area (Å²) < 4.78 is 28.5. The van der Waals surface area contributed by atoms with E-state index in [0.29, 0.717) is 26.2 Å². The molecule has 0 aromatic heterocycles. The van der Waals surface area contributed by atoms with Gasteiger partial charge in [-0.25, -0.2) is 8.42 Å². The van der Waals surface area contributed by atoms with Gasteiger partial charge in [0.2, 0.25) is 5.91 Å². The summed E-state index contributed by atoms with van der Waals surface area (Å²) in [6.07, 6.45) is 3.28. The Hall–Kier alpha value is -0.620. The van der Waals surface area contributed by atoms with Crippen LogP contribution >= 0.6 is 0 Å². The molecule has 6 heteroatoms. The van der Waals surface area contributed by atoms with Gasteiger partial charge >= 0.3 is 0 Å². The van der Waals surface area contributed by atoms with Crippen LogP contribution < -0.4 is 0 Å². The van der Waals surface area contributed by atoms with E-state index in [2.05, 4.69) is 6.92 Å². The summed E-state index contributed by atoms with van der Waals surface area (Å²) >= 11 is 0. The van der Waals surface area contributed by atoms with Gasteiger partial charge < -0.3 is 9.64 Å². The summed E-state index contributed by atoms with van der Waals surface area (Å²) in [4.78, 5) is 14.3. The molecule has 0 saturated carbocycles. The van der Waals surface area contributed by atoms with E-state index >= 15 is 0 Å². The summed E-state index contributed by atoms with van der Waals surface area (Å²) in [5.74, 6) is 0.373. The molecule has 19 heavy (non-hydrogen) atoms. The third-order valence-electron chi connectivity index (χ3n) is 3.96. The number of hydrogen-bond donors (Lipinski definition) is 0. The molecule has 2 rings (SSSR count). The lowest BCUT2D eigenvalue weighted by Crippen LogP contribution is -2.45. The van der Waals surface area contributed by atoms with Crippen molar-refractivity contribution in [1.82, 2.24) is 4.90 Å². The van der Waals surface area contributed by atoms with Crippen LogP contribution in [0, 0.1) is 5.92 Å². The van der Waals surface area contributed by atoms with Gasteiger partial charge in [-0.2, -0.15) is 0 Å². The molecule has 5 nitrogen and oxygen atoms in total. The van der Waals surface area contributed by atoms with Crippen LogP contribution in [0.3, 0.4) is 0 Å². The van der Waals surface area contributed by atoms with Gasteiger partial charge in [0.05, 0.1) is 24.0 Å². The highest BCUT2D eigenvalue weighted by atomic mass is 32.2. The van der Waals surface area contributed by atoms with Crippen molar-refractivity contribution >= 4 is 15.7 Å². The zero-order valence-corrected chi connectivity index (χ0v) is 12.3. The number of carbonyl (C=O) groups excluding carboxylic acids is 1. The van der Waals surface area contributed by atoms with Crippen LogP contribution in [-0.4, -0.2) is 56.5 Å². The fourth-order valence-corrected chi connectivity index (χ4v) is 4.52. The summed E-state index contributed by atoms with van der Waals surface area (Å²) in [6, 6.07) is -0.121. The van der Waals surface area contributed by atoms with Crippen molar-refractivity contribution in [2.24, 2.45) is 5.92 Å². The van der Waals surface area contributed by atoms with Crippen LogP contribution in [-0.2, 0) is 19.4 Å². The van der Waals surface area contributed by atoms with E-state index in [1.54, 1.807) is 0 Å². The minimum absolute atomic E-state index is 0.0693. The maximum absolute atomic E-state index is 12.5. The lowest BCUT2D eigenvalue weighted by atomic mass is 10.1. The number of amides is 1. The van der Waals surface area contributed by atoms with Crippen molar-refractivity contribution in [3.63, 3.8) is 0 Å². The van der Waals surface area contributed by atoms with Crippen molar-refractivity contribution in [2.75, 3.05) is 31.3 Å². The minimum Gasteiger partial charge on any atom is -0.381 e. The van der Waals surface area contributed by atoms with Crippen molar-refractivity contribution < 1.29 is 17.9 Å². The van der Waals surface area contributed by atoms with E-state index in [1.807, 2.05) is 4.90 Å². The molecule has 2 atom stereocenters. The van der Waals surface area contributed by atoms with Crippen LogP contribution in [0.1, 0.15) is 32.6 Å². The minimum atomic E-state index is -2.95. The van der Waals surface area contributed by atoms with Gasteiger partial charge in [-0.15, -0.1) is 0 Å². The van der Waals surface area contributed by atoms with E-state index in [1.165, 1.54) is 0 Å². The van der Waals surface area contributed by atoms with Crippen LogP contribution in [0.4, 0.5) is 0 Å². The van der Waals surface area contributed by atoms with Crippen molar-refractivity contribution in [3.8, 4) is 0 Å². The molecular formula is C13H23NO4S. The quantitative estimate of drug-likeness (QED) is 0.752. The molecule has 0 N–H and O–H groups in total. The second-order valence-corrected chi connectivity index (χ2v) is 7.73. The van der Waals surface area contributed by atoms with E-state index in [-0.39, 0.29) is 29.4 Å². The highest BCUT2D eigenvalue weighted by molar-refractivity contribution is 7.91. The van der Waals surface area contributed by atoms with Gasteiger partial charge in [0.25, 0.3) is 0 Å². The Bertz CT molecular complexity index is 414. The highest BCUT2D eigenvalue weighted by Gasteiger charge is 2.37. The summed E-state index contributed by atoms with van der Waals surface area (Å²) in [5.41, 5.74) is 0. The largest absolute Gasteiger partial charge is 0.381 e. The first-order valence-electron chi connectivity index (χ1n) is 7.12. The zero-order chi connectivity index (χ0) is 13.9. The molecular weight excluding hydrogens is 266 g/mol. The maximum atomic E-state index is 12.5. The smallest absolute Gasteiger partial charge is 0.228 e. The lowest BCUT2D eigenvalue weighted by molar-refractivity contribution is -0.137. The molecule has 0 aliphatic carbocycles. The molecule has 0 aromatic carbocycles. The fraction of sp³-hybridized carbons (Fsp3) is 0.923. The number of ether oxygens (including phenoxy) is 1. The Kier molecular flexibility index (Phi) is 4.84. The van der Waals surface area contributed by atoms with Crippen LogP contribution in [0.25, 0.3) is 0 Å². The van der Waals surface area contributed by atoms with Crippen LogP contribution in [0.5, 0.6) is 0 Å². The number of rotatable bonds is 5. The molecule has 0 radical (unpaired) electrons. The number of carbonyl (C=O) groups is 1. The van der Waals surface area contributed by atoms with Gasteiger partial charge in [0.15, 0.2) is 9.84 Å². The predicted octanol–water partition coefficient (Wildman–Crippen LogP) is 0.839. The molecule has 2 unspecified atom stereocenters. The van der Waals surface area contributed by atoms with Gasteiger partial charge in [-0.05, 0) is 19.3 Å². The third kappa shape index (κ3) is 3.69. The van der Waals surface area contributed by atoms with Crippen LogP contribution in [0.2, 0.25) is 0 Å². The number of unbranched alkanes of at least 4 members (excludes halogenated alkanes) is 1. The van der Waals surface area contributed by atoms with E-state index < -0.39 is 9.84 Å². The third-order valence-corrected chi connectivity index (χ3v) is 5.71. The Morgan fingerprint density at radius 2 is 2.16 bits per heavy atom. The van der Waals surface area contributed by atoms with E-state index in [0.717, 1.165) is 19.3 Å². The summed E-state index contributed by atoms with van der Waals surface area (Å²) in [5, 5.41) is 0. The first-order chi connectivity index (χ1) is 9.03. The monoisotopic (exact) mass is 289 g/mol. The summed E-state index contributed by atoms with van der Waals surface area (Å²) in [6.45, 7) is 3.88. The van der Waals surface area contributed by atoms with Crippen LogP contribution in [0.15, 0.2) is 0 Å². The van der Waals surface area contributed by atoms with Gasteiger partial charge in [-0.1, -0.05) is 13.3 Å². The highest BCUT2D eigenvalue weighted by Crippen LogP contribution is 2.23. The molecule has 0 bridgehead atoms. The van der Waals surface area contributed by atoms with Gasteiger partial charge in [0.1, 0.15) is 0 Å². The summed E-state index contributed by atoms with van der Waals surface area (Å²) in [7, 11) is -2.95. The van der Waals surface area contributed by atoms with Gasteiger partial charge in [-0.3, -0.25) is 4.79 Å². The van der Waals surface area contributed by atoms with Gasteiger partial charge in [0, 0.05) is 19.2 Å². The van der Waals surface area contributed by atoms with E-state index in [9.17, 15) is 13.2 Å². The SMILES string of the molecule is CCCCN(C(=O)C1CCOC1)C1CCS(=O)(=O)C1. The van der Waals surface area contributed by atoms with Crippen molar-refractivity contribution in [3.05, 3.63) is 0 Å². The first kappa shape index (κ1) is 14.8. The topological polar surface area (TPSA) is 63.7 Å². The molecule has 1 amide bonds. The normalized spacial score (nSPS) is 29.5. The fourth-order valence-electron chi connectivity index (χ4n) is 2.79. The molecule has 2 saturated heterocycles. The molecule has 2 aliphatic heterocycles. The average Bonchev–Trinajstić information content (AvgIpc) is 2.99. The second kappa shape index (κ2) is 6.22. The molecule has 2 aliphatic rings. The van der Waals surface area contributed by atoms with E-state index in [4.69, 9.17) is 4.74 Å². The molecule has 2 heterocycles.